The van der Waals surface area contributed by atoms with E-state index in [4.69, 9.17) is 4.74 Å². The van der Waals surface area contributed by atoms with Crippen LogP contribution in [0.3, 0.4) is 0 Å². The Morgan fingerprint density at radius 3 is 2.10 bits per heavy atom. The number of halogens is 3. The highest BCUT2D eigenvalue weighted by atomic mass is 19.4. The van der Waals surface area contributed by atoms with Crippen molar-refractivity contribution in [3.8, 4) is 5.75 Å². The molecule has 5 atom stereocenters. The Balaban J connectivity index is 1.81. The van der Waals surface area contributed by atoms with Crippen LogP contribution < -0.4 is 10.1 Å². The van der Waals surface area contributed by atoms with E-state index in [1.165, 1.54) is 18.1 Å². The Morgan fingerprint density at radius 2 is 1.57 bits per heavy atom. The van der Waals surface area contributed by atoms with Crippen LogP contribution in [0.2, 0.25) is 0 Å². The molecule has 0 spiro atoms. The Hall–Kier alpha value is -3.85. The van der Waals surface area contributed by atoms with Gasteiger partial charge in [-0.2, -0.15) is 13.2 Å². The van der Waals surface area contributed by atoms with Gasteiger partial charge in [-0.15, -0.1) is 0 Å². The zero-order valence-electron chi connectivity index (χ0n) is 24.4. The third kappa shape index (κ3) is 6.31. The minimum Gasteiger partial charge on any atom is -0.496 e. The van der Waals surface area contributed by atoms with Crippen LogP contribution in [-0.2, 0) is 22.3 Å². The SMILES string of the molecule is COc1cc(C(F)(F)F)ccc1CN[C@@H]1[C@@H](C(C)(C)C)[C@H](C(=O)O)N(C(=O)[C@H](C)c2ccccc2)[C@@H]1c1ccccc1. The van der Waals surface area contributed by atoms with Gasteiger partial charge in [-0.05, 0) is 35.6 Å². The number of benzene rings is 3. The predicted octanol–water partition coefficient (Wildman–Crippen LogP) is 6.67. The van der Waals surface area contributed by atoms with E-state index in [1.807, 2.05) is 81.4 Å². The summed E-state index contributed by atoms with van der Waals surface area (Å²) in [5.41, 5.74) is 0.636. The molecule has 4 rings (SSSR count). The van der Waals surface area contributed by atoms with Crippen LogP contribution in [0.4, 0.5) is 13.2 Å². The Bertz CT molecular complexity index is 1390. The predicted molar refractivity (Wildman–Crippen MR) is 154 cm³/mol. The van der Waals surface area contributed by atoms with Crippen LogP contribution in [0.15, 0.2) is 78.9 Å². The third-order valence-corrected chi connectivity index (χ3v) is 8.13. The van der Waals surface area contributed by atoms with E-state index in [1.54, 1.807) is 6.92 Å². The number of ether oxygens (including phenoxy) is 1. The van der Waals surface area contributed by atoms with Crippen LogP contribution in [0.1, 0.15) is 61.9 Å². The summed E-state index contributed by atoms with van der Waals surface area (Å²) in [5, 5.41) is 14.1. The number of carbonyl (C=O) groups is 2. The van der Waals surface area contributed by atoms with Crippen molar-refractivity contribution >= 4 is 11.9 Å². The highest BCUT2D eigenvalue weighted by Gasteiger charge is 2.58. The van der Waals surface area contributed by atoms with Crippen LogP contribution in [0, 0.1) is 11.3 Å². The molecule has 1 aliphatic rings. The van der Waals surface area contributed by atoms with Gasteiger partial charge in [-0.1, -0.05) is 87.5 Å². The Kier molecular flexibility index (Phi) is 9.01. The summed E-state index contributed by atoms with van der Waals surface area (Å²) in [5.74, 6) is -2.51. The second-order valence-electron chi connectivity index (χ2n) is 11.8. The van der Waals surface area contributed by atoms with Gasteiger partial charge in [0.15, 0.2) is 0 Å². The zero-order valence-corrected chi connectivity index (χ0v) is 24.4. The zero-order chi connectivity index (χ0) is 30.8. The first-order chi connectivity index (χ1) is 19.8. The molecule has 3 aromatic rings. The maximum Gasteiger partial charge on any atom is 0.416 e. The molecule has 3 aromatic carbocycles. The fraction of sp³-hybridized carbons (Fsp3) is 0.394. The average molecular weight is 583 g/mol. The summed E-state index contributed by atoms with van der Waals surface area (Å²) in [6, 6.07) is 19.5. The van der Waals surface area contributed by atoms with Gasteiger partial charge in [-0.3, -0.25) is 4.79 Å². The maximum absolute atomic E-state index is 14.3. The van der Waals surface area contributed by atoms with Crippen molar-refractivity contribution in [1.82, 2.24) is 10.2 Å². The number of nitrogens with one attached hydrogen (secondary N) is 1. The van der Waals surface area contributed by atoms with Crippen molar-refractivity contribution in [2.75, 3.05) is 7.11 Å². The summed E-state index contributed by atoms with van der Waals surface area (Å²) in [4.78, 5) is 28.8. The minimum absolute atomic E-state index is 0.0688. The van der Waals surface area contributed by atoms with Gasteiger partial charge in [0.05, 0.1) is 24.6 Å². The number of amides is 1. The molecule has 0 unspecified atom stereocenters. The molecule has 1 saturated heterocycles. The van der Waals surface area contributed by atoms with E-state index in [0.29, 0.717) is 5.56 Å². The van der Waals surface area contributed by atoms with E-state index >= 15 is 0 Å². The van der Waals surface area contributed by atoms with Crippen molar-refractivity contribution in [3.05, 3.63) is 101 Å². The monoisotopic (exact) mass is 582 g/mol. The average Bonchev–Trinajstić information content (AvgIpc) is 3.31. The van der Waals surface area contributed by atoms with E-state index in [-0.39, 0.29) is 18.2 Å². The first-order valence-corrected chi connectivity index (χ1v) is 13.9. The summed E-state index contributed by atoms with van der Waals surface area (Å²) < 4.78 is 45.4. The summed E-state index contributed by atoms with van der Waals surface area (Å²) in [7, 11) is 1.31. The minimum atomic E-state index is -4.52. The summed E-state index contributed by atoms with van der Waals surface area (Å²) in [6.07, 6.45) is -4.52. The van der Waals surface area contributed by atoms with Gasteiger partial charge in [0, 0.05) is 24.1 Å². The number of carboxylic acids is 1. The highest BCUT2D eigenvalue weighted by molar-refractivity contribution is 5.89. The molecule has 224 valence electrons. The smallest absolute Gasteiger partial charge is 0.416 e. The fourth-order valence-corrected chi connectivity index (χ4v) is 6.13. The number of hydrogen-bond acceptors (Lipinski definition) is 4. The molecule has 42 heavy (non-hydrogen) atoms. The molecule has 0 aromatic heterocycles. The molecule has 0 bridgehead atoms. The largest absolute Gasteiger partial charge is 0.496 e. The van der Waals surface area contributed by atoms with Gasteiger partial charge in [0.2, 0.25) is 5.91 Å². The highest BCUT2D eigenvalue weighted by Crippen LogP contribution is 2.49. The van der Waals surface area contributed by atoms with Crippen molar-refractivity contribution in [3.63, 3.8) is 0 Å². The topological polar surface area (TPSA) is 78.9 Å². The molecule has 2 N–H and O–H groups in total. The first-order valence-electron chi connectivity index (χ1n) is 13.9. The lowest BCUT2D eigenvalue weighted by atomic mass is 9.72. The fourth-order valence-electron chi connectivity index (χ4n) is 6.13. The number of alkyl halides is 3. The lowest BCUT2D eigenvalue weighted by molar-refractivity contribution is -0.152. The van der Waals surface area contributed by atoms with Crippen LogP contribution in [-0.4, -0.2) is 41.1 Å². The molecule has 1 heterocycles. The quantitative estimate of drug-likeness (QED) is 0.310. The van der Waals surface area contributed by atoms with E-state index in [2.05, 4.69) is 5.32 Å². The number of nitrogens with zero attached hydrogens (tertiary/aromatic N) is 1. The standard InChI is InChI=1S/C33H37F3N2O4/c1-20(21-12-8-6-9-13-21)30(39)38-28(22-14-10-7-11-15-22)27(26(32(2,3)4)29(38)31(40)41)37-19-23-16-17-24(33(34,35)36)18-25(23)42-5/h6-18,20,26-29,37H,19H2,1-5H3,(H,40,41)/t20-,26-,27-,28-,29-/m1/s1. The van der Waals surface area contributed by atoms with E-state index < -0.39 is 53.1 Å². The Morgan fingerprint density at radius 1 is 0.976 bits per heavy atom. The van der Waals surface area contributed by atoms with Gasteiger partial charge >= 0.3 is 12.1 Å². The normalized spacial score (nSPS) is 21.7. The van der Waals surface area contributed by atoms with E-state index in [9.17, 15) is 27.9 Å². The molecule has 6 nitrogen and oxygen atoms in total. The number of rotatable bonds is 8. The lowest BCUT2D eigenvalue weighted by Crippen LogP contribution is -2.48. The third-order valence-electron chi connectivity index (χ3n) is 8.13. The number of likely N-dealkylation sites (tertiary alicyclic amines) is 1. The van der Waals surface area contributed by atoms with Crippen LogP contribution in [0.5, 0.6) is 5.75 Å². The molecular formula is C33H37F3N2O4. The first kappa shape index (κ1) is 31.1. The van der Waals surface area contributed by atoms with Crippen molar-refractivity contribution in [2.24, 2.45) is 11.3 Å². The second kappa shape index (κ2) is 12.2. The molecule has 0 radical (unpaired) electrons. The molecular weight excluding hydrogens is 545 g/mol. The van der Waals surface area contributed by atoms with Gasteiger partial charge in [0.1, 0.15) is 11.8 Å². The maximum atomic E-state index is 14.3. The van der Waals surface area contributed by atoms with Crippen molar-refractivity contribution in [1.29, 1.82) is 0 Å². The number of methoxy groups -OCH3 is 1. The number of carbonyl (C=O) groups excluding carboxylic acids is 1. The van der Waals surface area contributed by atoms with Gasteiger partial charge in [-0.25, -0.2) is 4.79 Å². The van der Waals surface area contributed by atoms with Crippen LogP contribution in [0.25, 0.3) is 0 Å². The van der Waals surface area contributed by atoms with Crippen LogP contribution >= 0.6 is 0 Å². The second-order valence-corrected chi connectivity index (χ2v) is 11.8. The molecule has 0 saturated carbocycles. The summed E-state index contributed by atoms with van der Waals surface area (Å²) >= 11 is 0. The number of carboxylic acid groups (broad SMARTS) is 1. The number of aliphatic carboxylic acids is 1. The summed E-state index contributed by atoms with van der Waals surface area (Å²) in [6.45, 7) is 7.70. The molecule has 1 fully saturated rings. The molecule has 0 aliphatic carbocycles. The van der Waals surface area contributed by atoms with E-state index in [0.717, 1.165) is 23.3 Å². The van der Waals surface area contributed by atoms with Crippen molar-refractivity contribution in [2.45, 2.75) is 64.5 Å². The number of hydrogen-bond donors (Lipinski definition) is 2. The van der Waals surface area contributed by atoms with Crippen molar-refractivity contribution < 1.29 is 32.6 Å². The van der Waals surface area contributed by atoms with Gasteiger partial charge in [0.25, 0.3) is 0 Å². The lowest BCUT2D eigenvalue weighted by Gasteiger charge is -2.35. The Labute approximate surface area is 244 Å². The van der Waals surface area contributed by atoms with Gasteiger partial charge < -0.3 is 20.1 Å². The molecule has 1 aliphatic heterocycles. The molecule has 1 amide bonds. The molecule has 9 heteroatoms.